The molecule has 0 spiro atoms. The van der Waals surface area contributed by atoms with Gasteiger partial charge in [-0.3, -0.25) is 0 Å². The van der Waals surface area contributed by atoms with Crippen molar-refractivity contribution in [1.82, 2.24) is 0 Å². The maximum Gasteiger partial charge on any atom is 0.0941 e. The van der Waals surface area contributed by atoms with Gasteiger partial charge in [-0.2, -0.15) is 0 Å². The van der Waals surface area contributed by atoms with Gasteiger partial charge in [0.25, 0.3) is 0 Å². The first kappa shape index (κ1) is 8.34. The largest absolute Gasteiger partial charge is 0.501 e. The fraction of sp³-hybridized carbons (Fsp3) is 0.556. The van der Waals surface area contributed by atoms with Crippen molar-refractivity contribution in [3.8, 4) is 0 Å². The van der Waals surface area contributed by atoms with Crippen molar-refractivity contribution in [3.05, 3.63) is 25.0 Å². The normalized spacial score (nSPS) is 29.5. The Kier molecular flexibility index (Phi) is 3.17. The Balaban J connectivity index is 2.49. The summed E-state index contributed by atoms with van der Waals surface area (Å²) in [6.45, 7) is 4.66. The number of ether oxygens (including phenoxy) is 1. The first-order valence-electron chi connectivity index (χ1n) is 3.90. The van der Waals surface area contributed by atoms with Crippen molar-refractivity contribution >= 4 is 0 Å². The summed E-state index contributed by atoms with van der Waals surface area (Å²) in [6.07, 6.45) is 6.40. The molecule has 0 aliphatic carbocycles. The van der Waals surface area contributed by atoms with E-state index in [1.165, 1.54) is 0 Å². The summed E-state index contributed by atoms with van der Waals surface area (Å²) in [5.41, 5.74) is 0. The van der Waals surface area contributed by atoms with E-state index in [2.05, 4.69) is 6.58 Å². The van der Waals surface area contributed by atoms with Gasteiger partial charge in [-0.1, -0.05) is 6.08 Å². The highest BCUT2D eigenvalue weighted by Gasteiger charge is 2.18. The van der Waals surface area contributed by atoms with Crippen LogP contribution in [0.2, 0.25) is 0 Å². The fourth-order valence-electron chi connectivity index (χ4n) is 1.29. The molecule has 0 amide bonds. The number of hydrogen-bond donors (Lipinski definition) is 1. The van der Waals surface area contributed by atoms with Gasteiger partial charge in [0.15, 0.2) is 0 Å². The zero-order chi connectivity index (χ0) is 8.10. The van der Waals surface area contributed by atoms with Gasteiger partial charge in [0.2, 0.25) is 0 Å². The van der Waals surface area contributed by atoms with E-state index in [9.17, 15) is 0 Å². The average Bonchev–Trinajstić information content (AvgIpc) is 2.06. The van der Waals surface area contributed by atoms with Gasteiger partial charge in [-0.05, 0) is 18.4 Å². The minimum Gasteiger partial charge on any atom is -0.501 e. The van der Waals surface area contributed by atoms with E-state index in [0.29, 0.717) is 18.4 Å². The molecule has 0 aromatic carbocycles. The van der Waals surface area contributed by atoms with Crippen LogP contribution in [0, 0.1) is 11.8 Å². The molecule has 2 atom stereocenters. The van der Waals surface area contributed by atoms with Crippen LogP contribution in [0.3, 0.4) is 0 Å². The molecule has 62 valence electrons. The summed E-state index contributed by atoms with van der Waals surface area (Å²) in [4.78, 5) is 0. The van der Waals surface area contributed by atoms with Gasteiger partial charge in [0.1, 0.15) is 0 Å². The third-order valence-electron chi connectivity index (χ3n) is 2.03. The second kappa shape index (κ2) is 4.19. The lowest BCUT2D eigenvalue weighted by Gasteiger charge is -2.23. The van der Waals surface area contributed by atoms with Crippen molar-refractivity contribution < 1.29 is 9.84 Å². The summed E-state index contributed by atoms with van der Waals surface area (Å²) >= 11 is 0. The molecule has 0 radical (unpaired) electrons. The van der Waals surface area contributed by atoms with Gasteiger partial charge < -0.3 is 9.84 Å². The molecule has 1 N–H and O–H groups in total. The Morgan fingerprint density at radius 2 is 2.55 bits per heavy atom. The summed E-state index contributed by atoms with van der Waals surface area (Å²) in [7, 11) is 0. The molecule has 0 saturated carbocycles. The molecule has 1 rings (SSSR count). The molecular formula is C9H14O2. The monoisotopic (exact) mass is 154 g/mol. The Bertz CT molecular complexity index is 152. The van der Waals surface area contributed by atoms with E-state index >= 15 is 0 Å². The summed E-state index contributed by atoms with van der Waals surface area (Å²) in [5.74, 6) is 0.776. The number of allylic oxidation sites excluding steroid dienone is 1. The van der Waals surface area contributed by atoms with Gasteiger partial charge in [-0.25, -0.2) is 0 Å². The van der Waals surface area contributed by atoms with Crippen LogP contribution >= 0.6 is 0 Å². The highest BCUT2D eigenvalue weighted by atomic mass is 16.5. The molecule has 1 aliphatic rings. The molecule has 0 bridgehead atoms. The Morgan fingerprint density at radius 3 is 3.18 bits per heavy atom. The lowest BCUT2D eigenvalue weighted by molar-refractivity contribution is 0.152. The zero-order valence-corrected chi connectivity index (χ0v) is 6.57. The Hall–Kier alpha value is -0.760. The van der Waals surface area contributed by atoms with E-state index in [0.717, 1.165) is 6.42 Å². The molecule has 1 heterocycles. The van der Waals surface area contributed by atoms with Crippen molar-refractivity contribution in [1.29, 1.82) is 0 Å². The van der Waals surface area contributed by atoms with Crippen LogP contribution in [-0.2, 0) is 4.74 Å². The van der Waals surface area contributed by atoms with E-state index < -0.39 is 0 Å². The summed E-state index contributed by atoms with van der Waals surface area (Å²) in [6, 6.07) is 0. The molecule has 0 aromatic rings. The fourth-order valence-corrected chi connectivity index (χ4v) is 1.29. The maximum absolute atomic E-state index is 8.72. The average molecular weight is 154 g/mol. The minimum atomic E-state index is 0.235. The second-order valence-corrected chi connectivity index (χ2v) is 2.74. The van der Waals surface area contributed by atoms with E-state index in [1.807, 2.05) is 12.2 Å². The number of rotatable bonds is 3. The van der Waals surface area contributed by atoms with Gasteiger partial charge in [-0.15, -0.1) is 6.58 Å². The smallest absolute Gasteiger partial charge is 0.0941 e. The van der Waals surface area contributed by atoms with Crippen LogP contribution in [0.5, 0.6) is 0 Å². The van der Waals surface area contributed by atoms with Crippen molar-refractivity contribution in [2.75, 3.05) is 13.2 Å². The number of aliphatic hydroxyl groups is 1. The highest BCUT2D eigenvalue weighted by Crippen LogP contribution is 2.22. The quantitative estimate of drug-likeness (QED) is 0.621. The van der Waals surface area contributed by atoms with E-state index in [-0.39, 0.29) is 6.61 Å². The first-order valence-corrected chi connectivity index (χ1v) is 3.90. The lowest BCUT2D eigenvalue weighted by Crippen LogP contribution is -2.20. The molecular weight excluding hydrogens is 140 g/mol. The standard InChI is InChI=1S/C9H14O2/c1-2-8-7-11-6-4-9(8)3-5-10/h2,4,6,8-10H,1,3,5,7H2/t8-,9-/m1/s1. The zero-order valence-electron chi connectivity index (χ0n) is 6.57. The van der Waals surface area contributed by atoms with Gasteiger partial charge >= 0.3 is 0 Å². The Morgan fingerprint density at radius 1 is 1.73 bits per heavy atom. The molecule has 11 heavy (non-hydrogen) atoms. The molecule has 2 heteroatoms. The first-order chi connectivity index (χ1) is 5.38. The summed E-state index contributed by atoms with van der Waals surface area (Å²) in [5, 5.41) is 8.72. The SMILES string of the molecule is C=C[C@@H]1COC=C[C@H]1CCO. The van der Waals surface area contributed by atoms with E-state index in [4.69, 9.17) is 9.84 Å². The highest BCUT2D eigenvalue weighted by molar-refractivity contribution is 4.97. The van der Waals surface area contributed by atoms with Crippen LogP contribution in [-0.4, -0.2) is 18.3 Å². The van der Waals surface area contributed by atoms with E-state index in [1.54, 1.807) is 6.26 Å². The van der Waals surface area contributed by atoms with Crippen LogP contribution in [0.4, 0.5) is 0 Å². The van der Waals surface area contributed by atoms with Gasteiger partial charge in [0.05, 0.1) is 12.9 Å². The predicted molar refractivity (Wildman–Crippen MR) is 44.0 cm³/mol. The van der Waals surface area contributed by atoms with Crippen molar-refractivity contribution in [3.63, 3.8) is 0 Å². The Labute approximate surface area is 67.2 Å². The lowest BCUT2D eigenvalue weighted by atomic mass is 9.89. The van der Waals surface area contributed by atoms with Crippen LogP contribution < -0.4 is 0 Å². The third kappa shape index (κ3) is 2.09. The molecule has 0 aromatic heterocycles. The van der Waals surface area contributed by atoms with Crippen molar-refractivity contribution in [2.24, 2.45) is 11.8 Å². The maximum atomic E-state index is 8.72. The number of hydrogen-bond acceptors (Lipinski definition) is 2. The predicted octanol–water partition coefficient (Wildman–Crippen LogP) is 1.33. The molecule has 0 saturated heterocycles. The topological polar surface area (TPSA) is 29.5 Å². The minimum absolute atomic E-state index is 0.235. The molecule has 2 nitrogen and oxygen atoms in total. The second-order valence-electron chi connectivity index (χ2n) is 2.74. The van der Waals surface area contributed by atoms with Crippen LogP contribution in [0.25, 0.3) is 0 Å². The molecule has 1 aliphatic heterocycles. The number of aliphatic hydroxyl groups excluding tert-OH is 1. The summed E-state index contributed by atoms with van der Waals surface area (Å²) < 4.78 is 5.12. The van der Waals surface area contributed by atoms with Crippen molar-refractivity contribution in [2.45, 2.75) is 6.42 Å². The molecule has 0 unspecified atom stereocenters. The third-order valence-corrected chi connectivity index (χ3v) is 2.03. The van der Waals surface area contributed by atoms with Crippen LogP contribution in [0.15, 0.2) is 25.0 Å². The molecule has 0 fully saturated rings. The van der Waals surface area contributed by atoms with Crippen LogP contribution in [0.1, 0.15) is 6.42 Å². The van der Waals surface area contributed by atoms with Gasteiger partial charge in [0, 0.05) is 12.5 Å².